The highest BCUT2D eigenvalue weighted by atomic mass is 16.1. The summed E-state index contributed by atoms with van der Waals surface area (Å²) in [7, 11) is 0. The first kappa shape index (κ1) is 14.8. The first-order valence-corrected chi connectivity index (χ1v) is 7.34. The van der Waals surface area contributed by atoms with Crippen LogP contribution in [-0.2, 0) is 0 Å². The van der Waals surface area contributed by atoms with Gasteiger partial charge in [0.05, 0.1) is 0 Å². The molecule has 2 rings (SSSR count). The number of likely N-dealkylation sites (N-methyl/N-ethyl adjacent to an activating group) is 1. The fraction of sp³-hybridized carbons (Fsp3) is 0.600. The molecule has 1 aromatic heterocycles. The van der Waals surface area contributed by atoms with Gasteiger partial charge in [0.2, 0.25) is 0 Å². The lowest BCUT2D eigenvalue weighted by molar-refractivity contribution is 0.0938. The highest BCUT2D eigenvalue weighted by molar-refractivity contribution is 5.93. The topological polar surface area (TPSA) is 48.5 Å². The fourth-order valence-electron chi connectivity index (χ4n) is 2.40. The van der Waals surface area contributed by atoms with Crippen molar-refractivity contribution in [1.82, 2.24) is 15.2 Å². The number of carbonyl (C=O) groups is 1. The molecule has 1 aromatic rings. The highest BCUT2D eigenvalue weighted by Gasteiger charge is 2.17. The van der Waals surface area contributed by atoms with Gasteiger partial charge in [0.25, 0.3) is 5.91 Å². The van der Waals surface area contributed by atoms with E-state index in [0.717, 1.165) is 38.4 Å². The van der Waals surface area contributed by atoms with Crippen molar-refractivity contribution < 1.29 is 4.79 Å². The summed E-state index contributed by atoms with van der Waals surface area (Å²) >= 11 is 0. The zero-order valence-corrected chi connectivity index (χ0v) is 12.6. The second-order valence-corrected chi connectivity index (χ2v) is 5.45. The molecule has 0 aliphatic carbocycles. The van der Waals surface area contributed by atoms with Crippen molar-refractivity contribution in [2.75, 3.05) is 37.6 Å². The minimum Gasteiger partial charge on any atom is -0.369 e. The van der Waals surface area contributed by atoms with Gasteiger partial charge in [0, 0.05) is 44.1 Å². The molecule has 0 saturated carbocycles. The molecule has 0 unspecified atom stereocenters. The number of piperazine rings is 1. The predicted molar refractivity (Wildman–Crippen MR) is 81.2 cm³/mol. The van der Waals surface area contributed by atoms with Crippen LogP contribution in [0.25, 0.3) is 0 Å². The van der Waals surface area contributed by atoms with Crippen LogP contribution in [-0.4, -0.2) is 54.6 Å². The molecule has 1 amide bonds. The minimum absolute atomic E-state index is 0.103. The van der Waals surface area contributed by atoms with Gasteiger partial charge in [0.15, 0.2) is 0 Å². The lowest BCUT2D eigenvalue weighted by Gasteiger charge is -2.35. The van der Waals surface area contributed by atoms with Crippen molar-refractivity contribution in [1.29, 1.82) is 0 Å². The van der Waals surface area contributed by atoms with Crippen molar-refractivity contribution in [2.45, 2.75) is 26.8 Å². The first-order chi connectivity index (χ1) is 9.60. The van der Waals surface area contributed by atoms with E-state index in [-0.39, 0.29) is 11.9 Å². The maximum atomic E-state index is 12.0. The Bertz CT molecular complexity index is 453. The third kappa shape index (κ3) is 3.70. The molecule has 110 valence electrons. The number of nitrogens with one attached hydrogen (secondary N) is 1. The summed E-state index contributed by atoms with van der Waals surface area (Å²) in [5.74, 6) is -0.103. The molecule has 0 aromatic carbocycles. The van der Waals surface area contributed by atoms with Crippen LogP contribution in [0, 0.1) is 0 Å². The number of nitrogens with zero attached hydrogens (tertiary/aromatic N) is 3. The largest absolute Gasteiger partial charge is 0.369 e. The molecule has 1 aliphatic rings. The molecule has 0 spiro atoms. The minimum atomic E-state index is -0.103. The molecule has 2 heterocycles. The number of carbonyl (C=O) groups excluding carboxylic acids is 1. The third-order valence-corrected chi connectivity index (χ3v) is 3.58. The maximum absolute atomic E-state index is 12.0. The van der Waals surface area contributed by atoms with Crippen LogP contribution < -0.4 is 10.2 Å². The van der Waals surface area contributed by atoms with Crippen LogP contribution in [0.2, 0.25) is 0 Å². The van der Waals surface area contributed by atoms with Crippen LogP contribution in [0.1, 0.15) is 31.3 Å². The van der Waals surface area contributed by atoms with Crippen LogP contribution in [0.15, 0.2) is 18.3 Å². The Labute approximate surface area is 121 Å². The van der Waals surface area contributed by atoms with Crippen molar-refractivity contribution in [2.24, 2.45) is 0 Å². The van der Waals surface area contributed by atoms with Gasteiger partial charge < -0.3 is 15.1 Å². The van der Waals surface area contributed by atoms with E-state index in [1.165, 1.54) is 0 Å². The molecule has 20 heavy (non-hydrogen) atoms. The number of anilines is 1. The van der Waals surface area contributed by atoms with E-state index in [0.29, 0.717) is 5.69 Å². The van der Waals surface area contributed by atoms with Gasteiger partial charge in [-0.1, -0.05) is 6.92 Å². The maximum Gasteiger partial charge on any atom is 0.270 e. The summed E-state index contributed by atoms with van der Waals surface area (Å²) < 4.78 is 0. The summed E-state index contributed by atoms with van der Waals surface area (Å²) in [5, 5.41) is 2.88. The van der Waals surface area contributed by atoms with Gasteiger partial charge in [-0.25, -0.2) is 0 Å². The fourth-order valence-corrected chi connectivity index (χ4v) is 2.40. The van der Waals surface area contributed by atoms with E-state index in [1.54, 1.807) is 6.20 Å². The summed E-state index contributed by atoms with van der Waals surface area (Å²) in [6, 6.07) is 3.99. The number of pyridine rings is 1. The second-order valence-electron chi connectivity index (χ2n) is 5.45. The molecule has 0 atom stereocenters. The molecular formula is C15H24N4O. The van der Waals surface area contributed by atoms with E-state index in [9.17, 15) is 4.79 Å². The lowest BCUT2D eigenvalue weighted by atomic mass is 10.2. The Morgan fingerprint density at radius 3 is 2.65 bits per heavy atom. The molecule has 1 fully saturated rings. The normalized spacial score (nSPS) is 16.5. The monoisotopic (exact) mass is 276 g/mol. The Morgan fingerprint density at radius 2 is 2.05 bits per heavy atom. The molecule has 0 bridgehead atoms. The van der Waals surface area contributed by atoms with Crippen LogP contribution in [0.3, 0.4) is 0 Å². The summed E-state index contributed by atoms with van der Waals surface area (Å²) in [6.07, 6.45) is 1.72. The van der Waals surface area contributed by atoms with Gasteiger partial charge in [-0.3, -0.25) is 9.78 Å². The Kier molecular flexibility index (Phi) is 4.95. The van der Waals surface area contributed by atoms with Gasteiger partial charge in [0.1, 0.15) is 5.69 Å². The van der Waals surface area contributed by atoms with Gasteiger partial charge >= 0.3 is 0 Å². The zero-order valence-electron chi connectivity index (χ0n) is 12.6. The number of hydrogen-bond acceptors (Lipinski definition) is 4. The molecule has 1 N–H and O–H groups in total. The average Bonchev–Trinajstić information content (AvgIpc) is 2.47. The Balaban J connectivity index is 2.04. The average molecular weight is 276 g/mol. The van der Waals surface area contributed by atoms with Crippen molar-refractivity contribution in [3.63, 3.8) is 0 Å². The molecular weight excluding hydrogens is 252 g/mol. The van der Waals surface area contributed by atoms with E-state index < -0.39 is 0 Å². The standard InChI is InChI=1S/C15H24N4O/c1-4-18-7-9-19(10-8-18)13-5-6-16-14(11-13)15(20)17-12(2)3/h5-6,11-12H,4,7-10H2,1-3H3,(H,17,20). The van der Waals surface area contributed by atoms with Crippen LogP contribution in [0.4, 0.5) is 5.69 Å². The summed E-state index contributed by atoms with van der Waals surface area (Å²) in [4.78, 5) is 20.9. The van der Waals surface area contributed by atoms with Crippen molar-refractivity contribution in [3.8, 4) is 0 Å². The number of hydrogen-bond donors (Lipinski definition) is 1. The lowest BCUT2D eigenvalue weighted by Crippen LogP contribution is -2.46. The van der Waals surface area contributed by atoms with E-state index >= 15 is 0 Å². The van der Waals surface area contributed by atoms with E-state index in [2.05, 4.69) is 27.0 Å². The van der Waals surface area contributed by atoms with Gasteiger partial charge in [-0.05, 0) is 32.5 Å². The summed E-state index contributed by atoms with van der Waals surface area (Å²) in [6.45, 7) is 11.4. The highest BCUT2D eigenvalue weighted by Crippen LogP contribution is 2.16. The Hall–Kier alpha value is -1.62. The van der Waals surface area contributed by atoms with E-state index in [4.69, 9.17) is 0 Å². The first-order valence-electron chi connectivity index (χ1n) is 7.34. The Morgan fingerprint density at radius 1 is 1.35 bits per heavy atom. The third-order valence-electron chi connectivity index (χ3n) is 3.58. The van der Waals surface area contributed by atoms with Crippen LogP contribution in [0.5, 0.6) is 0 Å². The number of aromatic nitrogens is 1. The zero-order chi connectivity index (χ0) is 14.5. The number of rotatable bonds is 4. The van der Waals surface area contributed by atoms with Crippen molar-refractivity contribution in [3.05, 3.63) is 24.0 Å². The predicted octanol–water partition coefficient (Wildman–Crippen LogP) is 1.36. The molecule has 0 radical (unpaired) electrons. The van der Waals surface area contributed by atoms with Crippen LogP contribution >= 0.6 is 0 Å². The van der Waals surface area contributed by atoms with E-state index in [1.807, 2.05) is 26.0 Å². The SMILES string of the molecule is CCN1CCN(c2ccnc(C(=O)NC(C)C)c2)CC1. The van der Waals surface area contributed by atoms with Crippen molar-refractivity contribution >= 4 is 11.6 Å². The summed E-state index contributed by atoms with van der Waals surface area (Å²) in [5.41, 5.74) is 1.58. The van der Waals surface area contributed by atoms with Gasteiger partial charge in [-0.15, -0.1) is 0 Å². The smallest absolute Gasteiger partial charge is 0.270 e. The molecule has 1 aliphatic heterocycles. The van der Waals surface area contributed by atoms with Gasteiger partial charge in [-0.2, -0.15) is 0 Å². The molecule has 1 saturated heterocycles. The second kappa shape index (κ2) is 6.70. The quantitative estimate of drug-likeness (QED) is 0.902. The number of amides is 1. The molecule has 5 heteroatoms. The molecule has 5 nitrogen and oxygen atoms in total.